The van der Waals surface area contributed by atoms with Crippen molar-refractivity contribution in [1.82, 2.24) is 0 Å². The highest BCUT2D eigenvalue weighted by Gasteiger charge is 2.13. The molecule has 0 aliphatic carbocycles. The summed E-state index contributed by atoms with van der Waals surface area (Å²) in [7, 11) is 0. The van der Waals surface area contributed by atoms with Crippen molar-refractivity contribution in [1.29, 1.82) is 0 Å². The van der Waals surface area contributed by atoms with E-state index >= 15 is 0 Å². The third kappa shape index (κ3) is 5.36. The first-order valence-electron chi connectivity index (χ1n) is 9.15. The fourth-order valence-corrected chi connectivity index (χ4v) is 3.61. The van der Waals surface area contributed by atoms with Gasteiger partial charge in [0.1, 0.15) is 5.82 Å². The second kappa shape index (κ2) is 9.42. The highest BCUT2D eigenvalue weighted by Crippen LogP contribution is 2.28. The van der Waals surface area contributed by atoms with E-state index in [2.05, 4.69) is 36.2 Å². The number of anilines is 3. The van der Waals surface area contributed by atoms with Crippen LogP contribution in [-0.4, -0.2) is 17.7 Å². The monoisotopic (exact) mass is 394 g/mol. The first kappa shape index (κ1) is 20.0. The van der Waals surface area contributed by atoms with E-state index in [9.17, 15) is 9.18 Å². The zero-order valence-corrected chi connectivity index (χ0v) is 16.7. The van der Waals surface area contributed by atoms with Crippen molar-refractivity contribution in [2.45, 2.75) is 24.8 Å². The van der Waals surface area contributed by atoms with Crippen LogP contribution in [0.5, 0.6) is 0 Å². The molecule has 0 heterocycles. The quantitative estimate of drug-likeness (QED) is 0.491. The summed E-state index contributed by atoms with van der Waals surface area (Å²) in [6, 6.07) is 24.5. The number of carbonyl (C=O) groups is 1. The van der Waals surface area contributed by atoms with Crippen molar-refractivity contribution >= 4 is 34.7 Å². The van der Waals surface area contributed by atoms with E-state index in [-0.39, 0.29) is 17.5 Å². The lowest BCUT2D eigenvalue weighted by molar-refractivity contribution is -0.113. The molecule has 0 aliphatic heterocycles. The molecule has 144 valence electrons. The molecule has 28 heavy (non-hydrogen) atoms. The molecule has 0 saturated heterocycles. The van der Waals surface area contributed by atoms with Gasteiger partial charge in [0.25, 0.3) is 0 Å². The topological polar surface area (TPSA) is 32.3 Å². The number of halogens is 1. The summed E-state index contributed by atoms with van der Waals surface area (Å²) in [5.74, 6) is -0.0964. The zero-order valence-electron chi connectivity index (χ0n) is 15.9. The average molecular weight is 395 g/mol. The molecule has 0 spiro atoms. The molecule has 0 unspecified atom stereocenters. The maximum absolute atomic E-state index is 12.9. The van der Waals surface area contributed by atoms with Crippen LogP contribution in [0.15, 0.2) is 83.8 Å². The third-order valence-corrected chi connectivity index (χ3v) is 5.18. The number of carbonyl (C=O) groups excluding carboxylic acids is 1. The van der Waals surface area contributed by atoms with Crippen LogP contribution in [0.3, 0.4) is 0 Å². The van der Waals surface area contributed by atoms with Crippen LogP contribution < -0.4 is 10.2 Å². The number of hydrogen-bond acceptors (Lipinski definition) is 3. The Hall–Kier alpha value is -2.79. The summed E-state index contributed by atoms with van der Waals surface area (Å²) in [5.41, 5.74) is 2.95. The molecule has 0 fully saturated rings. The molecule has 0 atom stereocenters. The summed E-state index contributed by atoms with van der Waals surface area (Å²) in [6.45, 7) is 4.30. The first-order valence-corrected chi connectivity index (χ1v) is 10.1. The molecule has 1 N–H and O–H groups in total. The average Bonchev–Trinajstić information content (AvgIpc) is 2.70. The Morgan fingerprint density at radius 2 is 1.54 bits per heavy atom. The molecule has 3 aromatic carbocycles. The molecular weight excluding hydrogens is 371 g/mol. The fourth-order valence-electron chi connectivity index (χ4n) is 2.92. The second-order valence-corrected chi connectivity index (χ2v) is 7.69. The summed E-state index contributed by atoms with van der Waals surface area (Å²) >= 11 is 1.38. The number of hydrogen-bond donors (Lipinski definition) is 1. The molecule has 5 heteroatoms. The third-order valence-electron chi connectivity index (χ3n) is 4.16. The van der Waals surface area contributed by atoms with E-state index in [1.165, 1.54) is 23.9 Å². The van der Waals surface area contributed by atoms with Gasteiger partial charge in [0.05, 0.1) is 5.75 Å². The predicted octanol–water partition coefficient (Wildman–Crippen LogP) is 6.10. The Kier molecular flexibility index (Phi) is 6.71. The standard InChI is InChI=1S/C23H23FN2OS/c1-17(2)26(20-6-4-3-5-7-20)21-12-10-19(11-13-21)25-23(27)16-28-22-14-8-18(24)9-15-22/h3-15,17H,16H2,1-2H3,(H,25,27). The van der Waals surface area contributed by atoms with Crippen LogP contribution in [0.1, 0.15) is 13.8 Å². The van der Waals surface area contributed by atoms with E-state index in [1.54, 1.807) is 12.1 Å². The Morgan fingerprint density at radius 3 is 2.14 bits per heavy atom. The number of para-hydroxylation sites is 1. The zero-order chi connectivity index (χ0) is 19.9. The number of thioether (sulfide) groups is 1. The minimum atomic E-state index is -0.278. The largest absolute Gasteiger partial charge is 0.339 e. The van der Waals surface area contributed by atoms with Crippen LogP contribution in [0, 0.1) is 5.82 Å². The lowest BCUT2D eigenvalue weighted by Gasteiger charge is -2.29. The normalized spacial score (nSPS) is 10.7. The van der Waals surface area contributed by atoms with Crippen LogP contribution in [0.25, 0.3) is 0 Å². The van der Waals surface area contributed by atoms with Gasteiger partial charge in [-0.05, 0) is 74.5 Å². The summed E-state index contributed by atoms with van der Waals surface area (Å²) < 4.78 is 12.9. The molecule has 0 radical (unpaired) electrons. The number of nitrogens with one attached hydrogen (secondary N) is 1. The first-order chi connectivity index (χ1) is 13.5. The molecule has 3 rings (SSSR count). The lowest BCUT2D eigenvalue weighted by Crippen LogP contribution is -2.25. The molecule has 0 saturated carbocycles. The van der Waals surface area contributed by atoms with Gasteiger partial charge in [-0.2, -0.15) is 0 Å². The van der Waals surface area contributed by atoms with Gasteiger partial charge in [-0.15, -0.1) is 11.8 Å². The van der Waals surface area contributed by atoms with Gasteiger partial charge in [0.15, 0.2) is 0 Å². The van der Waals surface area contributed by atoms with Crippen molar-refractivity contribution in [3.63, 3.8) is 0 Å². The smallest absolute Gasteiger partial charge is 0.234 e. The number of nitrogens with zero attached hydrogens (tertiary/aromatic N) is 1. The van der Waals surface area contributed by atoms with Gasteiger partial charge in [0, 0.05) is 28.0 Å². The van der Waals surface area contributed by atoms with Crippen molar-refractivity contribution in [2.75, 3.05) is 16.0 Å². The molecule has 0 aliphatic rings. The van der Waals surface area contributed by atoms with Crippen molar-refractivity contribution < 1.29 is 9.18 Å². The van der Waals surface area contributed by atoms with Crippen molar-refractivity contribution in [3.05, 3.63) is 84.7 Å². The van der Waals surface area contributed by atoms with E-state index in [1.807, 2.05) is 42.5 Å². The maximum atomic E-state index is 12.9. The van der Waals surface area contributed by atoms with Crippen LogP contribution in [0.4, 0.5) is 21.5 Å². The lowest BCUT2D eigenvalue weighted by atomic mass is 10.2. The van der Waals surface area contributed by atoms with Crippen molar-refractivity contribution in [2.24, 2.45) is 0 Å². The van der Waals surface area contributed by atoms with Gasteiger partial charge in [0.2, 0.25) is 5.91 Å². The minimum Gasteiger partial charge on any atom is -0.339 e. The van der Waals surface area contributed by atoms with Crippen molar-refractivity contribution in [3.8, 4) is 0 Å². The molecule has 3 nitrogen and oxygen atoms in total. The van der Waals surface area contributed by atoms with Crippen LogP contribution >= 0.6 is 11.8 Å². The van der Waals surface area contributed by atoms with Gasteiger partial charge >= 0.3 is 0 Å². The number of benzene rings is 3. The number of rotatable bonds is 7. The molecular formula is C23H23FN2OS. The van der Waals surface area contributed by atoms with E-state index in [4.69, 9.17) is 0 Å². The predicted molar refractivity (Wildman–Crippen MR) is 116 cm³/mol. The van der Waals surface area contributed by atoms with Crippen LogP contribution in [0.2, 0.25) is 0 Å². The second-order valence-electron chi connectivity index (χ2n) is 6.64. The Balaban J connectivity index is 1.61. The Bertz CT molecular complexity index is 896. The summed E-state index contributed by atoms with van der Waals surface area (Å²) in [4.78, 5) is 15.3. The van der Waals surface area contributed by atoms with Gasteiger partial charge in [-0.25, -0.2) is 4.39 Å². The highest BCUT2D eigenvalue weighted by atomic mass is 32.2. The molecule has 0 bridgehead atoms. The fraction of sp³-hybridized carbons (Fsp3) is 0.174. The summed E-state index contributed by atoms with van der Waals surface area (Å²) in [5, 5.41) is 2.91. The Morgan fingerprint density at radius 1 is 0.929 bits per heavy atom. The van der Waals surface area contributed by atoms with E-state index in [0.29, 0.717) is 6.04 Å². The molecule has 1 amide bonds. The van der Waals surface area contributed by atoms with Crippen LogP contribution in [-0.2, 0) is 4.79 Å². The van der Waals surface area contributed by atoms with Gasteiger partial charge in [-0.1, -0.05) is 18.2 Å². The minimum absolute atomic E-state index is 0.0918. The summed E-state index contributed by atoms with van der Waals surface area (Å²) in [6.07, 6.45) is 0. The number of amides is 1. The molecule has 3 aromatic rings. The maximum Gasteiger partial charge on any atom is 0.234 e. The SMILES string of the molecule is CC(C)N(c1ccccc1)c1ccc(NC(=O)CSc2ccc(F)cc2)cc1. The van der Waals surface area contributed by atoms with Gasteiger partial charge in [-0.3, -0.25) is 4.79 Å². The van der Waals surface area contributed by atoms with Gasteiger partial charge < -0.3 is 10.2 Å². The van der Waals surface area contributed by atoms with E-state index in [0.717, 1.165) is 22.0 Å². The molecule has 0 aromatic heterocycles. The Labute approximate surface area is 169 Å². The highest BCUT2D eigenvalue weighted by molar-refractivity contribution is 8.00. The van der Waals surface area contributed by atoms with E-state index < -0.39 is 0 Å².